The normalized spacial score (nSPS) is 11.7. The van der Waals surface area contributed by atoms with Gasteiger partial charge in [0.25, 0.3) is 11.8 Å². The van der Waals surface area contributed by atoms with Gasteiger partial charge in [0.1, 0.15) is 0 Å². The number of quaternary nitrogens is 1. The largest absolute Gasteiger partial charge is 0.334 e. The molecule has 0 aliphatic heterocycles. The molecule has 0 fully saturated rings. The lowest BCUT2D eigenvalue weighted by Gasteiger charge is -2.22. The number of benzene rings is 1. The Morgan fingerprint density at radius 3 is 2.46 bits per heavy atom. The zero-order valence-corrected chi connectivity index (χ0v) is 15.8. The Hall–Kier alpha value is -1.56. The van der Waals surface area contributed by atoms with Crippen molar-refractivity contribution in [3.05, 3.63) is 40.4 Å². The molecule has 0 aliphatic carbocycles. The van der Waals surface area contributed by atoms with E-state index in [9.17, 15) is 9.59 Å². The maximum atomic E-state index is 12.2. The fourth-order valence-corrected chi connectivity index (χ4v) is 2.49. The molecule has 0 saturated heterocycles. The molecule has 0 aliphatic rings. The number of hydrogen-bond acceptors (Lipinski definition) is 2. The first-order valence-electron chi connectivity index (χ1n) is 7.71. The van der Waals surface area contributed by atoms with Gasteiger partial charge in [0.15, 0.2) is 13.1 Å². The second-order valence-corrected chi connectivity index (χ2v) is 6.67. The van der Waals surface area contributed by atoms with Crippen LogP contribution in [0.5, 0.6) is 0 Å². The highest BCUT2D eigenvalue weighted by Crippen LogP contribution is 2.24. The van der Waals surface area contributed by atoms with Crippen LogP contribution in [-0.4, -0.2) is 49.9 Å². The van der Waals surface area contributed by atoms with Crippen LogP contribution in [0.3, 0.4) is 0 Å². The lowest BCUT2D eigenvalue weighted by atomic mass is 10.3. The molecule has 5 nitrogen and oxygen atoms in total. The van der Waals surface area contributed by atoms with Gasteiger partial charge in [-0.2, -0.15) is 0 Å². The summed E-state index contributed by atoms with van der Waals surface area (Å²) in [5.41, 5.74) is 1.51. The Balaban J connectivity index is 2.52. The predicted molar refractivity (Wildman–Crippen MR) is 98.8 cm³/mol. The zero-order chi connectivity index (χ0) is 18.3. The van der Waals surface area contributed by atoms with Crippen molar-refractivity contribution in [1.29, 1.82) is 0 Å². The maximum absolute atomic E-state index is 12.2. The highest BCUT2D eigenvalue weighted by molar-refractivity contribution is 6.42. The van der Waals surface area contributed by atoms with E-state index in [4.69, 9.17) is 23.2 Å². The minimum Gasteiger partial charge on any atom is -0.334 e. The van der Waals surface area contributed by atoms with Gasteiger partial charge >= 0.3 is 0 Å². The van der Waals surface area contributed by atoms with E-state index in [2.05, 4.69) is 11.9 Å². The molecule has 0 saturated carbocycles. The van der Waals surface area contributed by atoms with Crippen molar-refractivity contribution >= 4 is 40.7 Å². The summed E-state index contributed by atoms with van der Waals surface area (Å²) < 4.78 is 0. The van der Waals surface area contributed by atoms with Gasteiger partial charge in [-0.15, -0.1) is 0 Å². The lowest BCUT2D eigenvalue weighted by molar-refractivity contribution is -0.862. The monoisotopic (exact) mass is 372 g/mol. The van der Waals surface area contributed by atoms with E-state index in [0.29, 0.717) is 28.8 Å². The Morgan fingerprint density at radius 1 is 1.25 bits per heavy atom. The van der Waals surface area contributed by atoms with E-state index in [1.807, 2.05) is 13.8 Å². The van der Waals surface area contributed by atoms with Crippen LogP contribution in [-0.2, 0) is 9.59 Å². The third kappa shape index (κ3) is 6.91. The molecule has 0 heterocycles. The minimum atomic E-state index is -0.193. The zero-order valence-electron chi connectivity index (χ0n) is 14.3. The van der Waals surface area contributed by atoms with Crippen molar-refractivity contribution in [2.75, 3.05) is 38.5 Å². The number of carbonyl (C=O) groups excluding carboxylic acids is 2. The summed E-state index contributed by atoms with van der Waals surface area (Å²) in [6.45, 7) is 9.22. The number of halogens is 2. The quantitative estimate of drug-likeness (QED) is 0.684. The van der Waals surface area contributed by atoms with Crippen LogP contribution in [0.4, 0.5) is 5.69 Å². The SMILES string of the molecule is C=C(C)CN(CC)C(=O)C[NH+](C)CC(=O)Nc1ccc(Cl)c(Cl)c1. The number of rotatable bonds is 8. The summed E-state index contributed by atoms with van der Waals surface area (Å²) in [5.74, 6) is -0.193. The van der Waals surface area contributed by atoms with Gasteiger partial charge in [0, 0.05) is 18.8 Å². The number of hydrogen-bond donors (Lipinski definition) is 2. The summed E-state index contributed by atoms with van der Waals surface area (Å²) in [4.78, 5) is 26.8. The van der Waals surface area contributed by atoms with Crippen LogP contribution in [0.15, 0.2) is 30.4 Å². The fourth-order valence-electron chi connectivity index (χ4n) is 2.19. The summed E-state index contributed by atoms with van der Waals surface area (Å²) in [5, 5.41) is 3.56. The predicted octanol–water partition coefficient (Wildman–Crippen LogP) is 1.87. The van der Waals surface area contributed by atoms with E-state index >= 15 is 0 Å². The van der Waals surface area contributed by atoms with Crippen molar-refractivity contribution in [3.8, 4) is 0 Å². The van der Waals surface area contributed by atoms with E-state index in [1.54, 1.807) is 30.1 Å². The van der Waals surface area contributed by atoms with E-state index in [-0.39, 0.29) is 24.9 Å². The highest BCUT2D eigenvalue weighted by Gasteiger charge is 2.19. The molecule has 24 heavy (non-hydrogen) atoms. The minimum absolute atomic E-state index is 0.000312. The second-order valence-electron chi connectivity index (χ2n) is 5.85. The Labute approximate surface area is 153 Å². The van der Waals surface area contributed by atoms with Crippen molar-refractivity contribution in [2.24, 2.45) is 0 Å². The van der Waals surface area contributed by atoms with Crippen LogP contribution in [0.25, 0.3) is 0 Å². The molecule has 0 aromatic heterocycles. The van der Waals surface area contributed by atoms with Crippen molar-refractivity contribution in [3.63, 3.8) is 0 Å². The van der Waals surface area contributed by atoms with Gasteiger partial charge in [-0.25, -0.2) is 0 Å². The number of amides is 2. The van der Waals surface area contributed by atoms with Crippen LogP contribution in [0, 0.1) is 0 Å². The van der Waals surface area contributed by atoms with Gasteiger partial charge in [-0.05, 0) is 32.0 Å². The molecule has 1 rings (SSSR count). The summed E-state index contributed by atoms with van der Waals surface area (Å²) in [6.07, 6.45) is 0. The van der Waals surface area contributed by atoms with E-state index in [0.717, 1.165) is 10.5 Å². The molecule has 132 valence electrons. The van der Waals surface area contributed by atoms with Crippen molar-refractivity contribution in [2.45, 2.75) is 13.8 Å². The number of anilines is 1. The molecule has 0 radical (unpaired) electrons. The first kappa shape index (κ1) is 20.5. The standard InChI is InChI=1S/C17H23Cl2N3O2/c1-5-22(9-12(2)3)17(24)11-21(4)10-16(23)20-13-6-7-14(18)15(19)8-13/h6-8H,2,5,9-11H2,1,3-4H3,(H,20,23)/p+1. The highest BCUT2D eigenvalue weighted by atomic mass is 35.5. The summed E-state index contributed by atoms with van der Waals surface area (Å²) >= 11 is 11.8. The second kappa shape index (κ2) is 9.67. The van der Waals surface area contributed by atoms with Crippen LogP contribution in [0.1, 0.15) is 13.8 Å². The Bertz CT molecular complexity index is 620. The molecule has 7 heteroatoms. The molecule has 2 amide bonds. The lowest BCUT2D eigenvalue weighted by Crippen LogP contribution is -3.11. The molecular weight excluding hydrogens is 349 g/mol. The van der Waals surface area contributed by atoms with Crippen LogP contribution in [0.2, 0.25) is 10.0 Å². The number of nitrogens with one attached hydrogen (secondary N) is 2. The molecule has 0 bridgehead atoms. The first-order valence-corrected chi connectivity index (χ1v) is 8.46. The number of carbonyl (C=O) groups is 2. The average Bonchev–Trinajstić information content (AvgIpc) is 2.47. The molecule has 1 atom stereocenters. The van der Waals surface area contributed by atoms with Crippen LogP contribution < -0.4 is 10.2 Å². The van der Waals surface area contributed by atoms with Gasteiger partial charge in [0.2, 0.25) is 0 Å². The Kier molecular flexibility index (Phi) is 8.25. The maximum Gasteiger partial charge on any atom is 0.279 e. The topological polar surface area (TPSA) is 53.9 Å². The molecule has 1 unspecified atom stereocenters. The van der Waals surface area contributed by atoms with Gasteiger partial charge in [-0.3, -0.25) is 9.59 Å². The number of likely N-dealkylation sites (N-methyl/N-ethyl adjacent to an activating group) is 2. The van der Waals surface area contributed by atoms with Crippen molar-refractivity contribution in [1.82, 2.24) is 4.90 Å². The van der Waals surface area contributed by atoms with Gasteiger partial charge in [-0.1, -0.05) is 35.4 Å². The average molecular weight is 373 g/mol. The van der Waals surface area contributed by atoms with Gasteiger partial charge < -0.3 is 15.1 Å². The number of nitrogens with zero attached hydrogens (tertiary/aromatic N) is 1. The summed E-state index contributed by atoms with van der Waals surface area (Å²) in [7, 11) is 1.81. The fraction of sp³-hybridized carbons (Fsp3) is 0.412. The van der Waals surface area contributed by atoms with Gasteiger partial charge in [0.05, 0.1) is 17.1 Å². The Morgan fingerprint density at radius 2 is 1.92 bits per heavy atom. The van der Waals surface area contributed by atoms with E-state index in [1.165, 1.54) is 0 Å². The first-order chi connectivity index (χ1) is 11.2. The summed E-state index contributed by atoms with van der Waals surface area (Å²) in [6, 6.07) is 4.89. The molecule has 0 spiro atoms. The van der Waals surface area contributed by atoms with E-state index < -0.39 is 0 Å². The molecule has 1 aromatic rings. The smallest absolute Gasteiger partial charge is 0.279 e. The molecule has 2 N–H and O–H groups in total. The molecule has 1 aromatic carbocycles. The molecular formula is C17H24Cl2N3O2+. The third-order valence-corrected chi connectivity index (χ3v) is 4.05. The van der Waals surface area contributed by atoms with Crippen LogP contribution >= 0.6 is 23.2 Å². The third-order valence-electron chi connectivity index (χ3n) is 3.31. The van der Waals surface area contributed by atoms with Crippen molar-refractivity contribution < 1.29 is 14.5 Å².